The number of imidazole rings is 1. The number of nitrogens with two attached hydrogens (primary N) is 1. The Hall–Kier alpha value is -3.93. The number of H-pyrrole nitrogens is 1. The Morgan fingerprint density at radius 2 is 1.59 bits per heavy atom. The van der Waals surface area contributed by atoms with Crippen LogP contribution in [-0.2, 0) is 0 Å². The molecule has 1 aromatic heterocycles. The highest BCUT2D eigenvalue weighted by molar-refractivity contribution is 6.01. The molecule has 1 unspecified atom stereocenters. The number of ketones is 1. The normalized spacial score (nSPS) is 12.0. The van der Waals surface area contributed by atoms with E-state index < -0.39 is 6.04 Å². The van der Waals surface area contributed by atoms with E-state index in [1.54, 1.807) is 37.3 Å². The molecule has 0 saturated carbocycles. The first-order valence-corrected chi connectivity index (χ1v) is 9.24. The topological polar surface area (TPSA) is 105 Å². The second kappa shape index (κ2) is 7.24. The third-order valence-corrected chi connectivity index (χ3v) is 5.07. The van der Waals surface area contributed by atoms with Gasteiger partial charge in [-0.15, -0.1) is 0 Å². The molecule has 0 bridgehead atoms. The summed E-state index contributed by atoms with van der Waals surface area (Å²) in [6.07, 6.45) is 0. The quantitative estimate of drug-likeness (QED) is 0.277. The van der Waals surface area contributed by atoms with E-state index in [9.17, 15) is 9.59 Å². The number of carbonyl (C=O) groups excluding carboxylic acids is 1. The van der Waals surface area contributed by atoms with Gasteiger partial charge >= 0.3 is 5.69 Å². The molecule has 1 atom stereocenters. The van der Waals surface area contributed by atoms with E-state index in [1.165, 1.54) is 4.57 Å². The Bertz CT molecular complexity index is 1270. The van der Waals surface area contributed by atoms with E-state index in [4.69, 9.17) is 11.1 Å². The molecule has 144 valence electrons. The van der Waals surface area contributed by atoms with E-state index in [-0.39, 0.29) is 17.3 Å². The number of benzene rings is 3. The lowest BCUT2D eigenvalue weighted by atomic mass is 10.00. The minimum atomic E-state index is -0.679. The molecule has 0 amide bonds. The van der Waals surface area contributed by atoms with E-state index in [2.05, 4.69) is 4.98 Å². The number of carbonyl (C=O) groups is 1. The van der Waals surface area contributed by atoms with E-state index in [1.807, 2.05) is 42.5 Å². The van der Waals surface area contributed by atoms with Crippen molar-refractivity contribution in [3.8, 4) is 11.1 Å². The molecule has 0 aliphatic rings. The van der Waals surface area contributed by atoms with Crippen molar-refractivity contribution in [2.24, 2.45) is 5.73 Å². The molecular weight excluding hydrogens is 364 g/mol. The van der Waals surface area contributed by atoms with Gasteiger partial charge in [-0.05, 0) is 36.2 Å². The number of aromatic amines is 1. The fourth-order valence-corrected chi connectivity index (χ4v) is 3.50. The Morgan fingerprint density at radius 1 is 0.966 bits per heavy atom. The average molecular weight is 384 g/mol. The van der Waals surface area contributed by atoms with Gasteiger partial charge < -0.3 is 10.7 Å². The molecule has 6 nitrogen and oxygen atoms in total. The molecule has 0 spiro atoms. The van der Waals surface area contributed by atoms with Gasteiger partial charge in [0, 0.05) is 11.1 Å². The maximum Gasteiger partial charge on any atom is 0.327 e. The molecule has 0 radical (unpaired) electrons. The SMILES string of the molecule is CC(C(=O)c1ccc(-c2ccccc2)cc1)n1c(=O)[nH]c2cc(C(=N)N)ccc21. The Kier molecular flexibility index (Phi) is 4.60. The second-order valence-electron chi connectivity index (χ2n) is 6.93. The second-order valence-corrected chi connectivity index (χ2v) is 6.93. The lowest BCUT2D eigenvalue weighted by Gasteiger charge is -2.13. The van der Waals surface area contributed by atoms with Gasteiger partial charge in [0.25, 0.3) is 0 Å². The van der Waals surface area contributed by atoms with Gasteiger partial charge in [0.05, 0.1) is 17.1 Å². The summed E-state index contributed by atoms with van der Waals surface area (Å²) in [5.41, 5.74) is 9.44. The number of rotatable bonds is 5. The van der Waals surface area contributed by atoms with Crippen LogP contribution in [-0.4, -0.2) is 21.2 Å². The molecule has 4 N–H and O–H groups in total. The summed E-state index contributed by atoms with van der Waals surface area (Å²) in [6.45, 7) is 1.71. The van der Waals surface area contributed by atoms with E-state index in [0.29, 0.717) is 22.2 Å². The van der Waals surface area contributed by atoms with Crippen LogP contribution in [0.2, 0.25) is 0 Å². The number of fused-ring (bicyclic) bond motifs is 1. The first-order chi connectivity index (χ1) is 14.0. The molecule has 4 aromatic rings. The molecule has 29 heavy (non-hydrogen) atoms. The Morgan fingerprint density at radius 3 is 2.24 bits per heavy atom. The summed E-state index contributed by atoms with van der Waals surface area (Å²) in [5.74, 6) is -0.230. The summed E-state index contributed by atoms with van der Waals surface area (Å²) in [7, 11) is 0. The highest BCUT2D eigenvalue weighted by Gasteiger charge is 2.21. The molecule has 0 fully saturated rings. The van der Waals surface area contributed by atoms with Crippen molar-refractivity contribution >= 4 is 22.7 Å². The van der Waals surface area contributed by atoms with Gasteiger partial charge in [0.2, 0.25) is 0 Å². The zero-order valence-electron chi connectivity index (χ0n) is 15.8. The standard InChI is InChI=1S/C23H20N4O2/c1-14(27-20-12-11-18(22(24)25)13-19(20)26-23(27)29)21(28)17-9-7-16(8-10-17)15-5-3-2-4-6-15/h2-14H,1H3,(H3,24,25)(H,26,29). The van der Waals surface area contributed by atoms with Crippen molar-refractivity contribution in [3.63, 3.8) is 0 Å². The summed E-state index contributed by atoms with van der Waals surface area (Å²) in [5, 5.41) is 7.54. The van der Waals surface area contributed by atoms with Crippen LogP contribution in [0.25, 0.3) is 22.2 Å². The highest BCUT2D eigenvalue weighted by Crippen LogP contribution is 2.23. The van der Waals surface area contributed by atoms with Crippen LogP contribution < -0.4 is 11.4 Å². The Labute approximate surface area is 167 Å². The molecule has 6 heteroatoms. The summed E-state index contributed by atoms with van der Waals surface area (Å²) in [4.78, 5) is 28.3. The summed E-state index contributed by atoms with van der Waals surface area (Å²) < 4.78 is 1.44. The fraction of sp³-hybridized carbons (Fsp3) is 0.0870. The summed E-state index contributed by atoms with van der Waals surface area (Å²) >= 11 is 0. The first kappa shape index (κ1) is 18.4. The number of nitrogens with zero attached hydrogens (tertiary/aromatic N) is 1. The van der Waals surface area contributed by atoms with Gasteiger partial charge in [0.1, 0.15) is 5.84 Å². The minimum Gasteiger partial charge on any atom is -0.384 e. The third kappa shape index (κ3) is 3.36. The lowest BCUT2D eigenvalue weighted by molar-refractivity contribution is 0.0935. The first-order valence-electron chi connectivity index (χ1n) is 9.24. The maximum absolute atomic E-state index is 13.0. The van der Waals surface area contributed by atoms with Crippen molar-refractivity contribution in [1.29, 1.82) is 5.41 Å². The lowest BCUT2D eigenvalue weighted by Crippen LogP contribution is -2.26. The summed E-state index contributed by atoms with van der Waals surface area (Å²) in [6, 6.07) is 21.6. The highest BCUT2D eigenvalue weighted by atomic mass is 16.2. The maximum atomic E-state index is 13.0. The monoisotopic (exact) mass is 384 g/mol. The molecule has 0 aliphatic heterocycles. The van der Waals surface area contributed by atoms with Crippen LogP contribution in [0.5, 0.6) is 0 Å². The van der Waals surface area contributed by atoms with Crippen LogP contribution >= 0.6 is 0 Å². The molecule has 3 aromatic carbocycles. The van der Waals surface area contributed by atoms with E-state index >= 15 is 0 Å². The van der Waals surface area contributed by atoms with Gasteiger partial charge in [-0.3, -0.25) is 14.8 Å². The number of amidine groups is 1. The molecule has 4 rings (SSSR count). The predicted octanol–water partition coefficient (Wildman–Crippen LogP) is 3.72. The van der Waals surface area contributed by atoms with Crippen molar-refractivity contribution in [2.75, 3.05) is 0 Å². The molecule has 0 saturated heterocycles. The van der Waals surface area contributed by atoms with Crippen molar-refractivity contribution in [2.45, 2.75) is 13.0 Å². The van der Waals surface area contributed by atoms with E-state index in [0.717, 1.165) is 11.1 Å². The predicted molar refractivity (Wildman–Crippen MR) is 114 cm³/mol. The van der Waals surface area contributed by atoms with Crippen LogP contribution in [0.3, 0.4) is 0 Å². The van der Waals surface area contributed by atoms with Crippen molar-refractivity contribution in [1.82, 2.24) is 9.55 Å². The average Bonchev–Trinajstić information content (AvgIpc) is 3.08. The zero-order chi connectivity index (χ0) is 20.5. The number of Topliss-reactive ketones (excluding diaryl/α,β-unsaturated/α-hetero) is 1. The molecular formula is C23H20N4O2. The van der Waals surface area contributed by atoms with Crippen LogP contribution in [0.4, 0.5) is 0 Å². The van der Waals surface area contributed by atoms with Crippen LogP contribution in [0, 0.1) is 5.41 Å². The van der Waals surface area contributed by atoms with Crippen LogP contribution in [0.15, 0.2) is 77.6 Å². The van der Waals surface area contributed by atoms with Gasteiger partial charge in [-0.2, -0.15) is 0 Å². The van der Waals surface area contributed by atoms with Crippen molar-refractivity contribution in [3.05, 3.63) is 94.4 Å². The van der Waals surface area contributed by atoms with Crippen LogP contribution in [0.1, 0.15) is 28.9 Å². The number of nitrogens with one attached hydrogen (secondary N) is 2. The number of hydrogen-bond donors (Lipinski definition) is 3. The third-order valence-electron chi connectivity index (χ3n) is 5.07. The fourth-order valence-electron chi connectivity index (χ4n) is 3.50. The largest absolute Gasteiger partial charge is 0.384 e. The number of hydrogen-bond acceptors (Lipinski definition) is 3. The Balaban J connectivity index is 1.67. The number of aromatic nitrogens is 2. The van der Waals surface area contributed by atoms with Crippen molar-refractivity contribution < 1.29 is 4.79 Å². The number of nitrogen functional groups attached to an aromatic ring is 1. The zero-order valence-corrected chi connectivity index (χ0v) is 15.8. The smallest absolute Gasteiger partial charge is 0.327 e. The molecule has 0 aliphatic carbocycles. The minimum absolute atomic E-state index is 0.0804. The molecule has 1 heterocycles. The van der Waals surface area contributed by atoms with Gasteiger partial charge in [-0.25, -0.2) is 4.79 Å². The van der Waals surface area contributed by atoms with Gasteiger partial charge in [0.15, 0.2) is 5.78 Å². The van der Waals surface area contributed by atoms with Gasteiger partial charge in [-0.1, -0.05) is 54.6 Å².